The topological polar surface area (TPSA) is 66.4 Å². The van der Waals surface area contributed by atoms with Crippen LogP contribution in [0.4, 0.5) is 0 Å². The average molecular weight is 505 g/mol. The number of aryl methyl sites for hydroxylation is 1. The van der Waals surface area contributed by atoms with Crippen molar-refractivity contribution in [1.29, 1.82) is 0 Å². The van der Waals surface area contributed by atoms with E-state index in [1.165, 1.54) is 5.56 Å². The molecule has 0 radical (unpaired) electrons. The van der Waals surface area contributed by atoms with E-state index in [9.17, 15) is 5.11 Å². The highest BCUT2D eigenvalue weighted by Gasteiger charge is 2.49. The number of benzene rings is 1. The SMILES string of the molecule is CCCCOC(C)OC(/C=C/[C@@H]1[C@H]2CC(O)O[C@H]2C[C@H]1OC(C)OCCCC)CCc1ccccc1. The number of ether oxygens (including phenoxy) is 5. The van der Waals surface area contributed by atoms with Crippen LogP contribution in [-0.2, 0) is 30.1 Å². The van der Waals surface area contributed by atoms with Crippen LogP contribution >= 0.6 is 0 Å². The zero-order valence-corrected chi connectivity index (χ0v) is 22.7. The van der Waals surface area contributed by atoms with Gasteiger partial charge in [0.15, 0.2) is 18.9 Å². The molecule has 0 spiro atoms. The van der Waals surface area contributed by atoms with Gasteiger partial charge in [-0.1, -0.05) is 69.2 Å². The third-order valence-corrected chi connectivity index (χ3v) is 7.21. The first-order valence-corrected chi connectivity index (χ1v) is 14.1. The highest BCUT2D eigenvalue weighted by molar-refractivity contribution is 5.15. The van der Waals surface area contributed by atoms with Crippen molar-refractivity contribution in [2.75, 3.05) is 13.2 Å². The molecule has 1 aromatic rings. The number of hydrogen-bond donors (Lipinski definition) is 1. The number of aliphatic hydroxyl groups is 1. The Balaban J connectivity index is 1.66. The molecule has 1 N–H and O–H groups in total. The summed E-state index contributed by atoms with van der Waals surface area (Å²) in [5.74, 6) is 0.376. The Labute approximate surface area is 218 Å². The smallest absolute Gasteiger partial charge is 0.155 e. The van der Waals surface area contributed by atoms with E-state index < -0.39 is 6.29 Å². The van der Waals surface area contributed by atoms with Crippen molar-refractivity contribution in [2.45, 2.75) is 116 Å². The van der Waals surface area contributed by atoms with Gasteiger partial charge in [-0.25, -0.2) is 0 Å². The molecule has 3 rings (SSSR count). The van der Waals surface area contributed by atoms with Crippen LogP contribution in [0.5, 0.6) is 0 Å². The Hall–Kier alpha value is -1.28. The second-order valence-corrected chi connectivity index (χ2v) is 10.2. The van der Waals surface area contributed by atoms with Gasteiger partial charge < -0.3 is 28.8 Å². The van der Waals surface area contributed by atoms with Crippen LogP contribution in [0.15, 0.2) is 42.5 Å². The van der Waals surface area contributed by atoms with Gasteiger partial charge in [0, 0.05) is 32.0 Å². The first-order valence-electron chi connectivity index (χ1n) is 14.1. The fourth-order valence-electron chi connectivity index (χ4n) is 5.23. The molecule has 0 amide bonds. The Kier molecular flexibility index (Phi) is 12.9. The van der Waals surface area contributed by atoms with Crippen LogP contribution < -0.4 is 0 Å². The predicted molar refractivity (Wildman–Crippen MR) is 141 cm³/mol. The standard InChI is InChI=1S/C30H48O6/c1-5-7-18-32-22(3)34-25(15-14-24-12-10-9-11-13-24)16-17-26-27-20-30(31)36-29(27)21-28(26)35-23(4)33-19-8-6-2/h9-13,16-17,22-23,25-31H,5-8,14-15,18-21H2,1-4H3/b17-16+/t22?,23?,25?,26-,27-,28-,29+,30?/m1/s1. The first-order chi connectivity index (χ1) is 17.5. The predicted octanol–water partition coefficient (Wildman–Crippen LogP) is 6.01. The van der Waals surface area contributed by atoms with Gasteiger partial charge in [0.05, 0.1) is 18.3 Å². The number of hydrogen-bond acceptors (Lipinski definition) is 6. The van der Waals surface area contributed by atoms with Crippen molar-refractivity contribution in [3.05, 3.63) is 48.0 Å². The van der Waals surface area contributed by atoms with E-state index in [0.29, 0.717) is 19.6 Å². The molecule has 0 aromatic heterocycles. The number of fused-ring (bicyclic) bond motifs is 1. The summed E-state index contributed by atoms with van der Waals surface area (Å²) in [4.78, 5) is 0. The lowest BCUT2D eigenvalue weighted by Crippen LogP contribution is -2.28. The summed E-state index contributed by atoms with van der Waals surface area (Å²) in [7, 11) is 0. The quantitative estimate of drug-likeness (QED) is 0.159. The molecule has 1 saturated heterocycles. The van der Waals surface area contributed by atoms with Gasteiger partial charge >= 0.3 is 0 Å². The second kappa shape index (κ2) is 15.9. The van der Waals surface area contributed by atoms with Gasteiger partial charge in [0.1, 0.15) is 0 Å². The third-order valence-electron chi connectivity index (χ3n) is 7.21. The Morgan fingerprint density at radius 1 is 1.00 bits per heavy atom. The van der Waals surface area contributed by atoms with Crippen molar-refractivity contribution in [2.24, 2.45) is 11.8 Å². The van der Waals surface area contributed by atoms with E-state index in [1.807, 2.05) is 19.9 Å². The van der Waals surface area contributed by atoms with E-state index in [4.69, 9.17) is 23.7 Å². The van der Waals surface area contributed by atoms with Gasteiger partial charge in [0.25, 0.3) is 0 Å². The van der Waals surface area contributed by atoms with E-state index >= 15 is 0 Å². The van der Waals surface area contributed by atoms with Crippen molar-refractivity contribution >= 4 is 0 Å². The first kappa shape index (κ1) is 29.3. The van der Waals surface area contributed by atoms with Gasteiger partial charge in [-0.3, -0.25) is 0 Å². The number of unbranched alkanes of at least 4 members (excludes halogenated alkanes) is 2. The third kappa shape index (κ3) is 9.55. The summed E-state index contributed by atoms with van der Waals surface area (Å²) >= 11 is 0. The van der Waals surface area contributed by atoms with Crippen molar-refractivity contribution < 1.29 is 28.8 Å². The lowest BCUT2D eigenvalue weighted by Gasteiger charge is -2.26. The minimum atomic E-state index is -0.688. The fourth-order valence-corrected chi connectivity index (χ4v) is 5.23. The minimum Gasteiger partial charge on any atom is -0.368 e. The zero-order valence-electron chi connectivity index (χ0n) is 22.7. The van der Waals surface area contributed by atoms with Crippen molar-refractivity contribution in [3.8, 4) is 0 Å². The molecule has 6 heteroatoms. The van der Waals surface area contributed by atoms with E-state index in [2.05, 4.69) is 50.3 Å². The van der Waals surface area contributed by atoms with E-state index in [0.717, 1.165) is 44.9 Å². The Morgan fingerprint density at radius 2 is 1.69 bits per heavy atom. The van der Waals surface area contributed by atoms with Gasteiger partial charge in [-0.05, 0) is 51.0 Å². The lowest BCUT2D eigenvalue weighted by atomic mass is 9.91. The molecule has 1 heterocycles. The summed E-state index contributed by atoms with van der Waals surface area (Å²) in [6, 6.07) is 10.5. The summed E-state index contributed by atoms with van der Waals surface area (Å²) in [6.45, 7) is 9.68. The summed E-state index contributed by atoms with van der Waals surface area (Å²) < 4.78 is 30.3. The maximum absolute atomic E-state index is 10.1. The van der Waals surface area contributed by atoms with Crippen molar-refractivity contribution in [3.63, 3.8) is 0 Å². The maximum Gasteiger partial charge on any atom is 0.155 e. The molecule has 2 aliphatic rings. The minimum absolute atomic E-state index is 0.00613. The normalized spacial score (nSPS) is 28.4. The molecule has 1 aliphatic heterocycles. The molecule has 1 saturated carbocycles. The van der Waals surface area contributed by atoms with Crippen LogP contribution in [0.1, 0.15) is 78.2 Å². The van der Waals surface area contributed by atoms with Crippen LogP contribution in [0.25, 0.3) is 0 Å². The largest absolute Gasteiger partial charge is 0.368 e. The number of aliphatic hydroxyl groups excluding tert-OH is 1. The summed E-state index contributed by atoms with van der Waals surface area (Å²) in [6.07, 6.45) is 10.6. The Morgan fingerprint density at radius 3 is 2.39 bits per heavy atom. The Bertz CT molecular complexity index is 740. The number of rotatable bonds is 17. The lowest BCUT2D eigenvalue weighted by molar-refractivity contribution is -0.172. The molecule has 36 heavy (non-hydrogen) atoms. The molecule has 1 aliphatic carbocycles. The van der Waals surface area contributed by atoms with Crippen molar-refractivity contribution in [1.82, 2.24) is 0 Å². The van der Waals surface area contributed by atoms with Crippen LogP contribution in [0.2, 0.25) is 0 Å². The van der Waals surface area contributed by atoms with Crippen LogP contribution in [0.3, 0.4) is 0 Å². The zero-order chi connectivity index (χ0) is 25.8. The average Bonchev–Trinajstić information content (AvgIpc) is 3.37. The fraction of sp³-hybridized carbons (Fsp3) is 0.733. The molecule has 6 nitrogen and oxygen atoms in total. The highest BCUT2D eigenvalue weighted by atomic mass is 16.7. The monoisotopic (exact) mass is 504 g/mol. The van der Waals surface area contributed by atoms with Crippen LogP contribution in [0, 0.1) is 11.8 Å². The van der Waals surface area contributed by atoms with Gasteiger partial charge in [-0.15, -0.1) is 0 Å². The van der Waals surface area contributed by atoms with Gasteiger partial charge in [0.2, 0.25) is 0 Å². The maximum atomic E-state index is 10.1. The van der Waals surface area contributed by atoms with Crippen LogP contribution in [-0.4, -0.2) is 55.5 Å². The molecule has 4 unspecified atom stereocenters. The molecule has 0 bridgehead atoms. The second-order valence-electron chi connectivity index (χ2n) is 10.2. The molecular formula is C30H48O6. The molecular weight excluding hydrogens is 456 g/mol. The van der Waals surface area contributed by atoms with E-state index in [-0.39, 0.29) is 42.7 Å². The molecule has 1 aromatic carbocycles. The molecule has 8 atom stereocenters. The summed E-state index contributed by atoms with van der Waals surface area (Å²) in [5.41, 5.74) is 1.30. The molecule has 204 valence electrons. The van der Waals surface area contributed by atoms with Gasteiger partial charge in [-0.2, -0.15) is 0 Å². The summed E-state index contributed by atoms with van der Waals surface area (Å²) in [5, 5.41) is 10.1. The highest BCUT2D eigenvalue weighted by Crippen LogP contribution is 2.45. The molecule has 2 fully saturated rings. The van der Waals surface area contributed by atoms with E-state index in [1.54, 1.807) is 0 Å².